The van der Waals surface area contributed by atoms with Crippen LogP contribution < -0.4 is 5.32 Å². The molecule has 0 saturated heterocycles. The summed E-state index contributed by atoms with van der Waals surface area (Å²) in [7, 11) is 0. The maximum atomic E-state index is 13.8. The van der Waals surface area contributed by atoms with Gasteiger partial charge in [-0.05, 0) is 35.3 Å². The van der Waals surface area contributed by atoms with Gasteiger partial charge in [0, 0.05) is 12.6 Å². The van der Waals surface area contributed by atoms with E-state index in [0.29, 0.717) is 27.9 Å². The van der Waals surface area contributed by atoms with E-state index in [1.165, 1.54) is 6.07 Å². The van der Waals surface area contributed by atoms with Gasteiger partial charge in [-0.1, -0.05) is 6.92 Å². The predicted octanol–water partition coefficient (Wildman–Crippen LogP) is 3.76. The van der Waals surface area contributed by atoms with Crippen LogP contribution in [0, 0.1) is 5.82 Å². The molecule has 0 saturated carbocycles. The lowest BCUT2D eigenvalue weighted by atomic mass is 10.3. The van der Waals surface area contributed by atoms with Crippen molar-refractivity contribution >= 4 is 44.5 Å². The second-order valence-electron chi connectivity index (χ2n) is 4.78. The molecule has 1 unspecified atom stereocenters. The fourth-order valence-corrected chi connectivity index (χ4v) is 2.57. The first-order valence-corrected chi connectivity index (χ1v) is 7.93. The van der Waals surface area contributed by atoms with Gasteiger partial charge in [-0.2, -0.15) is 0 Å². The molecule has 0 aliphatic heterocycles. The number of fused-ring (bicyclic) bond motifs is 1. The Hall–Kier alpha value is -1.14. The van der Waals surface area contributed by atoms with Crippen LogP contribution in [0.2, 0.25) is 0 Å². The molecule has 2 rings (SSSR count). The average molecular weight is 377 g/mol. The molecule has 0 aliphatic rings. The molecule has 1 N–H and O–H groups in total. The van der Waals surface area contributed by atoms with Crippen molar-refractivity contribution in [1.29, 1.82) is 0 Å². The number of rotatable bonds is 5. The van der Waals surface area contributed by atoms with E-state index < -0.39 is 5.82 Å². The van der Waals surface area contributed by atoms with E-state index >= 15 is 0 Å². The van der Waals surface area contributed by atoms with Gasteiger partial charge in [-0.25, -0.2) is 9.37 Å². The number of carbonyl (C=O) groups excluding carboxylic acids is 1. The standard InChI is InChI=1S/C14H16BrClFN3O/c1-3-4-18-13(21)7-20-12-6-10(17)9(15)5-11(12)19-14(20)8(2)16/h5-6,8H,3-4,7H2,1-2H3,(H,18,21). The predicted molar refractivity (Wildman–Crippen MR) is 85.0 cm³/mol. The number of alkyl halides is 1. The topological polar surface area (TPSA) is 46.9 Å². The van der Waals surface area contributed by atoms with Crippen LogP contribution in [0.25, 0.3) is 11.0 Å². The van der Waals surface area contributed by atoms with Crippen LogP contribution in [0.4, 0.5) is 4.39 Å². The molecule has 1 aromatic carbocycles. The van der Waals surface area contributed by atoms with Crippen molar-refractivity contribution in [3.8, 4) is 0 Å². The SMILES string of the molecule is CCCNC(=O)Cn1c(C(C)Cl)nc2cc(Br)c(F)cc21. The first kappa shape index (κ1) is 16.2. The average Bonchev–Trinajstić information content (AvgIpc) is 2.75. The number of amides is 1. The molecular formula is C14H16BrClFN3O. The van der Waals surface area contributed by atoms with Crippen LogP contribution in [0.5, 0.6) is 0 Å². The molecule has 1 atom stereocenters. The Morgan fingerprint density at radius 2 is 2.29 bits per heavy atom. The van der Waals surface area contributed by atoms with E-state index in [9.17, 15) is 9.18 Å². The molecule has 0 fully saturated rings. The largest absolute Gasteiger partial charge is 0.355 e. The van der Waals surface area contributed by atoms with Gasteiger partial charge < -0.3 is 9.88 Å². The monoisotopic (exact) mass is 375 g/mol. The highest BCUT2D eigenvalue weighted by atomic mass is 79.9. The van der Waals surface area contributed by atoms with Crippen molar-refractivity contribution in [3.05, 3.63) is 28.2 Å². The number of hydrogen-bond donors (Lipinski definition) is 1. The van der Waals surface area contributed by atoms with Crippen molar-refractivity contribution in [1.82, 2.24) is 14.9 Å². The third kappa shape index (κ3) is 3.55. The Bertz CT molecular complexity index is 672. The molecule has 0 aliphatic carbocycles. The fourth-order valence-electron chi connectivity index (χ4n) is 2.07. The van der Waals surface area contributed by atoms with Gasteiger partial charge in [-0.3, -0.25) is 4.79 Å². The molecule has 7 heteroatoms. The van der Waals surface area contributed by atoms with E-state index in [0.717, 1.165) is 6.42 Å². The number of benzene rings is 1. The third-order valence-corrected chi connectivity index (χ3v) is 3.85. The summed E-state index contributed by atoms with van der Waals surface area (Å²) in [5.74, 6) is 0.0141. The van der Waals surface area contributed by atoms with Gasteiger partial charge in [-0.15, -0.1) is 11.6 Å². The number of halogens is 3. The van der Waals surface area contributed by atoms with Crippen LogP contribution in [0.1, 0.15) is 31.5 Å². The van der Waals surface area contributed by atoms with Crippen molar-refractivity contribution in [2.24, 2.45) is 0 Å². The molecule has 2 aromatic rings. The minimum Gasteiger partial charge on any atom is -0.355 e. The first-order chi connectivity index (χ1) is 9.93. The Balaban J connectivity index is 2.45. The highest BCUT2D eigenvalue weighted by Gasteiger charge is 2.18. The second kappa shape index (κ2) is 6.75. The summed E-state index contributed by atoms with van der Waals surface area (Å²) < 4.78 is 15.8. The van der Waals surface area contributed by atoms with Crippen LogP contribution in [0.3, 0.4) is 0 Å². The Morgan fingerprint density at radius 3 is 2.90 bits per heavy atom. The van der Waals surface area contributed by atoms with Crippen LogP contribution in [-0.2, 0) is 11.3 Å². The van der Waals surface area contributed by atoms with E-state index in [1.54, 1.807) is 17.6 Å². The zero-order valence-corrected chi connectivity index (χ0v) is 14.1. The summed E-state index contributed by atoms with van der Waals surface area (Å²) in [6.07, 6.45) is 0.858. The number of aromatic nitrogens is 2. The van der Waals surface area contributed by atoms with Gasteiger partial charge in [0.1, 0.15) is 18.2 Å². The number of hydrogen-bond acceptors (Lipinski definition) is 2. The summed E-state index contributed by atoms with van der Waals surface area (Å²) in [4.78, 5) is 16.3. The van der Waals surface area contributed by atoms with Crippen molar-refractivity contribution < 1.29 is 9.18 Å². The summed E-state index contributed by atoms with van der Waals surface area (Å²) in [5, 5.41) is 2.42. The first-order valence-electron chi connectivity index (χ1n) is 6.70. The van der Waals surface area contributed by atoms with Crippen molar-refractivity contribution in [2.75, 3.05) is 6.54 Å². The summed E-state index contributed by atoms with van der Waals surface area (Å²) in [6, 6.07) is 2.95. The van der Waals surface area contributed by atoms with Gasteiger partial charge in [0.2, 0.25) is 5.91 Å². The summed E-state index contributed by atoms with van der Waals surface area (Å²) in [6.45, 7) is 4.43. The summed E-state index contributed by atoms with van der Waals surface area (Å²) >= 11 is 9.26. The Labute approximate surface area is 135 Å². The van der Waals surface area contributed by atoms with Gasteiger partial charge in [0.05, 0.1) is 20.9 Å². The quantitative estimate of drug-likeness (QED) is 0.808. The molecule has 0 bridgehead atoms. The highest BCUT2D eigenvalue weighted by Crippen LogP contribution is 2.28. The summed E-state index contributed by atoms with van der Waals surface area (Å²) in [5.41, 5.74) is 1.17. The normalized spacial score (nSPS) is 12.6. The molecular weight excluding hydrogens is 361 g/mol. The molecule has 21 heavy (non-hydrogen) atoms. The zero-order valence-electron chi connectivity index (χ0n) is 11.8. The van der Waals surface area contributed by atoms with Crippen LogP contribution in [-0.4, -0.2) is 22.0 Å². The molecule has 0 spiro atoms. The van der Waals surface area contributed by atoms with Gasteiger partial charge in [0.15, 0.2) is 0 Å². The molecule has 1 amide bonds. The fraction of sp³-hybridized carbons (Fsp3) is 0.429. The second-order valence-corrected chi connectivity index (χ2v) is 6.29. The number of nitrogens with one attached hydrogen (secondary N) is 1. The van der Waals surface area contributed by atoms with Crippen LogP contribution >= 0.6 is 27.5 Å². The van der Waals surface area contributed by atoms with Crippen molar-refractivity contribution in [3.63, 3.8) is 0 Å². The van der Waals surface area contributed by atoms with E-state index in [2.05, 4.69) is 26.2 Å². The van der Waals surface area contributed by atoms with Crippen molar-refractivity contribution in [2.45, 2.75) is 32.2 Å². The molecule has 114 valence electrons. The molecule has 0 radical (unpaired) electrons. The van der Waals surface area contributed by atoms with Gasteiger partial charge >= 0.3 is 0 Å². The lowest BCUT2D eigenvalue weighted by molar-refractivity contribution is -0.121. The maximum Gasteiger partial charge on any atom is 0.240 e. The minimum atomic E-state index is -0.397. The molecule has 1 aromatic heterocycles. The Kier molecular flexibility index (Phi) is 5.22. The van der Waals surface area contributed by atoms with E-state index in [1.807, 2.05) is 6.92 Å². The maximum absolute atomic E-state index is 13.8. The highest BCUT2D eigenvalue weighted by molar-refractivity contribution is 9.10. The van der Waals surface area contributed by atoms with Gasteiger partial charge in [0.25, 0.3) is 0 Å². The number of carbonyl (C=O) groups is 1. The minimum absolute atomic E-state index is 0.0734. The third-order valence-electron chi connectivity index (χ3n) is 3.05. The van der Waals surface area contributed by atoms with E-state index in [4.69, 9.17) is 11.6 Å². The lowest BCUT2D eigenvalue weighted by Gasteiger charge is -2.10. The smallest absolute Gasteiger partial charge is 0.240 e. The zero-order chi connectivity index (χ0) is 15.6. The molecule has 4 nitrogen and oxygen atoms in total. The number of nitrogens with zero attached hydrogens (tertiary/aromatic N) is 2. The van der Waals surface area contributed by atoms with E-state index in [-0.39, 0.29) is 17.8 Å². The van der Waals surface area contributed by atoms with Crippen LogP contribution in [0.15, 0.2) is 16.6 Å². The Morgan fingerprint density at radius 1 is 1.57 bits per heavy atom. The lowest BCUT2D eigenvalue weighted by Crippen LogP contribution is -2.28. The number of imidazole rings is 1. The molecule has 1 heterocycles.